The molecular formula is C12H23N3O2. The van der Waals surface area contributed by atoms with Gasteiger partial charge in [0.05, 0.1) is 12.6 Å². The number of hydrogen-bond donors (Lipinski definition) is 1. The maximum absolute atomic E-state index is 8.98. The first-order chi connectivity index (χ1) is 8.08. The third-order valence-electron chi connectivity index (χ3n) is 2.76. The van der Waals surface area contributed by atoms with E-state index in [0.29, 0.717) is 24.2 Å². The highest BCUT2D eigenvalue weighted by Gasteiger charge is 2.19. The summed E-state index contributed by atoms with van der Waals surface area (Å²) in [5, 5.41) is 17.1. The number of hydrogen-bond acceptors (Lipinski definition) is 5. The molecule has 17 heavy (non-hydrogen) atoms. The van der Waals surface area contributed by atoms with E-state index < -0.39 is 0 Å². The molecule has 1 aromatic heterocycles. The average Bonchev–Trinajstić information content (AvgIpc) is 2.72. The zero-order chi connectivity index (χ0) is 12.8. The van der Waals surface area contributed by atoms with Gasteiger partial charge in [0, 0.05) is 13.0 Å². The van der Waals surface area contributed by atoms with Crippen LogP contribution in [0.3, 0.4) is 0 Å². The molecule has 98 valence electrons. The molecule has 0 spiro atoms. The largest absolute Gasteiger partial charge is 0.424 e. The quantitative estimate of drug-likeness (QED) is 0.786. The van der Waals surface area contributed by atoms with Gasteiger partial charge in [0.15, 0.2) is 0 Å². The van der Waals surface area contributed by atoms with Crippen molar-refractivity contribution in [2.24, 2.45) is 5.92 Å². The van der Waals surface area contributed by atoms with Gasteiger partial charge in [-0.25, -0.2) is 0 Å². The summed E-state index contributed by atoms with van der Waals surface area (Å²) in [5.41, 5.74) is 0. The molecule has 1 N–H and O–H groups in total. The van der Waals surface area contributed by atoms with Gasteiger partial charge in [0.25, 0.3) is 0 Å². The highest BCUT2D eigenvalue weighted by molar-refractivity contribution is 4.89. The van der Waals surface area contributed by atoms with E-state index in [1.165, 1.54) is 0 Å². The van der Waals surface area contributed by atoms with E-state index in [9.17, 15) is 0 Å². The summed E-state index contributed by atoms with van der Waals surface area (Å²) in [6.07, 6.45) is 0.811. The van der Waals surface area contributed by atoms with Crippen molar-refractivity contribution in [2.75, 3.05) is 19.7 Å². The van der Waals surface area contributed by atoms with Crippen LogP contribution in [0, 0.1) is 5.92 Å². The summed E-state index contributed by atoms with van der Waals surface area (Å²) in [6, 6.07) is 0.0561. The Bertz CT molecular complexity index is 325. The molecule has 0 radical (unpaired) electrons. The molecule has 0 aliphatic heterocycles. The van der Waals surface area contributed by atoms with Crippen molar-refractivity contribution in [1.82, 2.24) is 15.1 Å². The van der Waals surface area contributed by atoms with Crippen LogP contribution in [0.4, 0.5) is 0 Å². The molecule has 5 nitrogen and oxygen atoms in total. The van der Waals surface area contributed by atoms with Crippen LogP contribution in [0.5, 0.6) is 0 Å². The van der Waals surface area contributed by atoms with E-state index in [4.69, 9.17) is 9.52 Å². The van der Waals surface area contributed by atoms with Crippen molar-refractivity contribution in [3.63, 3.8) is 0 Å². The Morgan fingerprint density at radius 3 is 2.53 bits per heavy atom. The van der Waals surface area contributed by atoms with Crippen molar-refractivity contribution in [2.45, 2.75) is 40.2 Å². The summed E-state index contributed by atoms with van der Waals surface area (Å²) in [4.78, 5) is 2.10. The first kappa shape index (κ1) is 14.1. The fourth-order valence-corrected chi connectivity index (χ4v) is 1.78. The zero-order valence-corrected chi connectivity index (χ0v) is 11.2. The molecule has 1 unspecified atom stereocenters. The van der Waals surface area contributed by atoms with Gasteiger partial charge in [-0.1, -0.05) is 20.8 Å². The first-order valence-electron chi connectivity index (χ1n) is 6.25. The van der Waals surface area contributed by atoms with Gasteiger partial charge in [-0.3, -0.25) is 4.90 Å². The zero-order valence-electron chi connectivity index (χ0n) is 11.2. The second-order valence-electron chi connectivity index (χ2n) is 4.66. The number of aliphatic hydroxyl groups is 1. The van der Waals surface area contributed by atoms with Crippen molar-refractivity contribution in [1.29, 1.82) is 0 Å². The van der Waals surface area contributed by atoms with Gasteiger partial charge < -0.3 is 9.52 Å². The molecular weight excluding hydrogens is 218 g/mol. The molecule has 1 atom stereocenters. The smallest absolute Gasteiger partial charge is 0.233 e. The normalized spacial score (nSPS) is 13.6. The predicted octanol–water partition coefficient (Wildman–Crippen LogP) is 1.64. The van der Waals surface area contributed by atoms with Gasteiger partial charge in [-0.15, -0.1) is 10.2 Å². The van der Waals surface area contributed by atoms with Gasteiger partial charge in [-0.05, 0) is 19.4 Å². The van der Waals surface area contributed by atoms with Crippen LogP contribution in [0.1, 0.15) is 45.5 Å². The van der Waals surface area contributed by atoms with Crippen LogP contribution in [0.2, 0.25) is 0 Å². The van der Waals surface area contributed by atoms with E-state index in [0.717, 1.165) is 13.0 Å². The molecule has 0 aliphatic carbocycles. The summed E-state index contributed by atoms with van der Waals surface area (Å²) in [5.74, 6) is 1.84. The minimum atomic E-state index is 0.0561. The molecule has 0 bridgehead atoms. The number of aromatic nitrogens is 2. The first-order valence-corrected chi connectivity index (χ1v) is 6.25. The molecule has 0 aromatic carbocycles. The van der Waals surface area contributed by atoms with Crippen LogP contribution < -0.4 is 0 Å². The highest BCUT2D eigenvalue weighted by Crippen LogP contribution is 2.19. The fraction of sp³-hybridized carbons (Fsp3) is 0.833. The molecule has 0 saturated heterocycles. The lowest BCUT2D eigenvalue weighted by Gasteiger charge is -2.23. The lowest BCUT2D eigenvalue weighted by molar-refractivity contribution is 0.147. The Balaban J connectivity index is 2.67. The molecule has 1 heterocycles. The molecule has 0 amide bonds. The van der Waals surface area contributed by atoms with Crippen molar-refractivity contribution >= 4 is 0 Å². The van der Waals surface area contributed by atoms with E-state index in [1.807, 2.05) is 6.92 Å². The van der Waals surface area contributed by atoms with Crippen LogP contribution in [-0.2, 0) is 6.42 Å². The SMILES string of the molecule is CCN(CCO)C(C)c1nnc(CC(C)C)o1. The van der Waals surface area contributed by atoms with Crippen LogP contribution in [0.15, 0.2) is 4.42 Å². The van der Waals surface area contributed by atoms with E-state index in [-0.39, 0.29) is 12.6 Å². The minimum Gasteiger partial charge on any atom is -0.424 e. The topological polar surface area (TPSA) is 62.4 Å². The van der Waals surface area contributed by atoms with Gasteiger partial charge in [-0.2, -0.15) is 0 Å². The summed E-state index contributed by atoms with van der Waals surface area (Å²) < 4.78 is 5.64. The number of rotatable bonds is 7. The maximum atomic E-state index is 8.98. The van der Waals surface area contributed by atoms with Crippen molar-refractivity contribution < 1.29 is 9.52 Å². The Kier molecular flexibility index (Phi) is 5.58. The molecule has 1 aromatic rings. The van der Waals surface area contributed by atoms with E-state index in [1.54, 1.807) is 0 Å². The van der Waals surface area contributed by atoms with E-state index >= 15 is 0 Å². The number of nitrogens with zero attached hydrogens (tertiary/aromatic N) is 3. The molecule has 0 aliphatic rings. The Morgan fingerprint density at radius 1 is 1.29 bits per heavy atom. The van der Waals surface area contributed by atoms with Crippen molar-refractivity contribution in [3.8, 4) is 0 Å². The Morgan fingerprint density at radius 2 is 2.00 bits per heavy atom. The lowest BCUT2D eigenvalue weighted by atomic mass is 10.1. The van der Waals surface area contributed by atoms with Crippen LogP contribution in [0.25, 0.3) is 0 Å². The van der Waals surface area contributed by atoms with E-state index in [2.05, 4.69) is 35.9 Å². The molecule has 1 rings (SSSR count). The summed E-state index contributed by atoms with van der Waals surface area (Å²) in [7, 11) is 0. The molecule has 0 fully saturated rings. The molecule has 5 heteroatoms. The third kappa shape index (κ3) is 4.09. The number of likely N-dealkylation sites (N-methyl/N-ethyl adjacent to an activating group) is 1. The summed E-state index contributed by atoms with van der Waals surface area (Å²) in [6.45, 7) is 9.94. The molecule has 0 saturated carbocycles. The van der Waals surface area contributed by atoms with Gasteiger partial charge >= 0.3 is 0 Å². The monoisotopic (exact) mass is 241 g/mol. The second-order valence-corrected chi connectivity index (χ2v) is 4.66. The number of aliphatic hydroxyl groups excluding tert-OH is 1. The predicted molar refractivity (Wildman–Crippen MR) is 65.6 cm³/mol. The van der Waals surface area contributed by atoms with Crippen LogP contribution in [-0.4, -0.2) is 39.9 Å². The van der Waals surface area contributed by atoms with Gasteiger partial charge in [0.1, 0.15) is 0 Å². The summed E-state index contributed by atoms with van der Waals surface area (Å²) >= 11 is 0. The Labute approximate surface area is 103 Å². The maximum Gasteiger partial charge on any atom is 0.233 e. The van der Waals surface area contributed by atoms with Crippen molar-refractivity contribution in [3.05, 3.63) is 11.8 Å². The third-order valence-corrected chi connectivity index (χ3v) is 2.76. The average molecular weight is 241 g/mol. The van der Waals surface area contributed by atoms with Crippen LogP contribution >= 0.6 is 0 Å². The lowest BCUT2D eigenvalue weighted by Crippen LogP contribution is -2.29. The Hall–Kier alpha value is -0.940. The van der Waals surface area contributed by atoms with Gasteiger partial charge in [0.2, 0.25) is 11.8 Å². The standard InChI is InChI=1S/C12H23N3O2/c1-5-15(6-7-16)10(4)12-14-13-11(17-12)8-9(2)3/h9-10,16H,5-8H2,1-4H3. The second kappa shape index (κ2) is 6.71. The fourth-order valence-electron chi connectivity index (χ4n) is 1.78. The highest BCUT2D eigenvalue weighted by atomic mass is 16.4. The minimum absolute atomic E-state index is 0.0561.